The van der Waals surface area contributed by atoms with E-state index in [2.05, 4.69) is 37.9 Å². The molecule has 0 spiro atoms. The van der Waals surface area contributed by atoms with Crippen LogP contribution in [0.5, 0.6) is 0 Å². The van der Waals surface area contributed by atoms with E-state index in [9.17, 15) is 4.79 Å². The highest BCUT2D eigenvalue weighted by Gasteiger charge is 2.34. The van der Waals surface area contributed by atoms with Crippen LogP contribution in [0, 0.1) is 5.92 Å². The Morgan fingerprint density at radius 2 is 1.85 bits per heavy atom. The van der Waals surface area contributed by atoms with E-state index < -0.39 is 0 Å². The fraction of sp³-hybridized carbons (Fsp3) is 0.933. The summed E-state index contributed by atoms with van der Waals surface area (Å²) in [4.78, 5) is 14.7. The molecule has 0 aromatic carbocycles. The number of morpholine rings is 1. The molecule has 20 heavy (non-hydrogen) atoms. The van der Waals surface area contributed by atoms with Gasteiger partial charge in [0.05, 0.1) is 18.2 Å². The molecule has 3 N–H and O–H groups in total. The summed E-state index contributed by atoms with van der Waals surface area (Å²) in [5.74, 6) is 0.327. The molecule has 1 rings (SSSR count). The first-order valence-electron chi connectivity index (χ1n) is 7.56. The molecule has 118 valence electrons. The minimum absolute atomic E-state index is 0.0693. The molecule has 1 amide bonds. The standard InChI is InChI=1S/C15H31N3O2/c1-10(2)13(14(19)17-9-15(5,6)16)18-7-11(3)20-12(4)8-18/h10-13H,7-9,16H2,1-6H3,(H,17,19). The third kappa shape index (κ3) is 5.38. The summed E-state index contributed by atoms with van der Waals surface area (Å²) in [6.45, 7) is 14.2. The van der Waals surface area contributed by atoms with Crippen LogP contribution in [-0.2, 0) is 9.53 Å². The summed E-state index contributed by atoms with van der Waals surface area (Å²) < 4.78 is 5.75. The number of ether oxygens (including phenoxy) is 1. The molecule has 5 heteroatoms. The van der Waals surface area contributed by atoms with Crippen LogP contribution in [0.2, 0.25) is 0 Å². The van der Waals surface area contributed by atoms with Crippen molar-refractivity contribution >= 4 is 5.91 Å². The van der Waals surface area contributed by atoms with Gasteiger partial charge < -0.3 is 15.8 Å². The second kappa shape index (κ2) is 6.87. The van der Waals surface area contributed by atoms with Crippen molar-refractivity contribution in [2.24, 2.45) is 11.7 Å². The lowest BCUT2D eigenvalue weighted by atomic mass is 9.99. The van der Waals surface area contributed by atoms with Crippen molar-refractivity contribution in [2.45, 2.75) is 65.3 Å². The lowest BCUT2D eigenvalue weighted by Crippen LogP contribution is -2.58. The van der Waals surface area contributed by atoms with Gasteiger partial charge in [-0.25, -0.2) is 0 Å². The van der Waals surface area contributed by atoms with Gasteiger partial charge in [0, 0.05) is 25.2 Å². The van der Waals surface area contributed by atoms with Crippen molar-refractivity contribution in [1.29, 1.82) is 0 Å². The van der Waals surface area contributed by atoms with Gasteiger partial charge in [0.2, 0.25) is 5.91 Å². The molecule has 1 aliphatic rings. The second-order valence-corrected chi connectivity index (χ2v) is 7.11. The fourth-order valence-corrected chi connectivity index (χ4v) is 2.75. The van der Waals surface area contributed by atoms with E-state index in [-0.39, 0.29) is 35.6 Å². The lowest BCUT2D eigenvalue weighted by molar-refractivity contribution is -0.135. The van der Waals surface area contributed by atoms with Crippen molar-refractivity contribution in [3.8, 4) is 0 Å². The van der Waals surface area contributed by atoms with Crippen LogP contribution < -0.4 is 11.1 Å². The van der Waals surface area contributed by atoms with Crippen molar-refractivity contribution in [3.05, 3.63) is 0 Å². The van der Waals surface area contributed by atoms with E-state index in [0.29, 0.717) is 6.54 Å². The molecule has 1 saturated heterocycles. The number of rotatable bonds is 5. The largest absolute Gasteiger partial charge is 0.373 e. The zero-order chi connectivity index (χ0) is 15.5. The van der Waals surface area contributed by atoms with Gasteiger partial charge in [-0.2, -0.15) is 0 Å². The van der Waals surface area contributed by atoms with E-state index in [4.69, 9.17) is 10.5 Å². The van der Waals surface area contributed by atoms with Crippen molar-refractivity contribution in [3.63, 3.8) is 0 Å². The van der Waals surface area contributed by atoms with Gasteiger partial charge >= 0.3 is 0 Å². The number of amides is 1. The third-order valence-electron chi connectivity index (χ3n) is 3.46. The van der Waals surface area contributed by atoms with Crippen LogP contribution in [0.25, 0.3) is 0 Å². The van der Waals surface area contributed by atoms with Crippen LogP contribution in [0.4, 0.5) is 0 Å². The lowest BCUT2D eigenvalue weighted by Gasteiger charge is -2.41. The number of carbonyl (C=O) groups excluding carboxylic acids is 1. The first-order valence-corrected chi connectivity index (χ1v) is 7.56. The Bertz CT molecular complexity index is 316. The normalized spacial score (nSPS) is 26.6. The van der Waals surface area contributed by atoms with E-state index in [0.717, 1.165) is 13.1 Å². The molecule has 3 unspecified atom stereocenters. The van der Waals surface area contributed by atoms with Crippen molar-refractivity contribution in [2.75, 3.05) is 19.6 Å². The summed E-state index contributed by atoms with van der Waals surface area (Å²) in [7, 11) is 0. The van der Waals surface area contributed by atoms with Gasteiger partial charge in [-0.05, 0) is 33.6 Å². The van der Waals surface area contributed by atoms with Gasteiger partial charge in [-0.3, -0.25) is 9.69 Å². The molecule has 1 heterocycles. The molecule has 0 aliphatic carbocycles. The highest BCUT2D eigenvalue weighted by atomic mass is 16.5. The molecule has 0 bridgehead atoms. The molecule has 0 aromatic heterocycles. The summed E-state index contributed by atoms with van der Waals surface area (Å²) in [5, 5.41) is 2.98. The highest BCUT2D eigenvalue weighted by Crippen LogP contribution is 2.18. The summed E-state index contributed by atoms with van der Waals surface area (Å²) in [6.07, 6.45) is 0.331. The molecule has 0 radical (unpaired) electrons. The Balaban J connectivity index is 2.70. The monoisotopic (exact) mass is 285 g/mol. The molecule has 0 aromatic rings. The van der Waals surface area contributed by atoms with E-state index in [1.807, 2.05) is 13.8 Å². The first kappa shape index (κ1) is 17.4. The van der Waals surface area contributed by atoms with Gasteiger partial charge in [0.1, 0.15) is 0 Å². The van der Waals surface area contributed by atoms with Gasteiger partial charge in [-0.15, -0.1) is 0 Å². The van der Waals surface area contributed by atoms with Gasteiger partial charge in [-0.1, -0.05) is 13.8 Å². The minimum atomic E-state index is -0.386. The number of carbonyl (C=O) groups is 1. The maximum Gasteiger partial charge on any atom is 0.237 e. The predicted octanol–water partition coefficient (Wildman–Crippen LogP) is 0.974. The summed E-state index contributed by atoms with van der Waals surface area (Å²) >= 11 is 0. The molecular formula is C15H31N3O2. The van der Waals surface area contributed by atoms with Gasteiger partial charge in [0.25, 0.3) is 0 Å². The fourth-order valence-electron chi connectivity index (χ4n) is 2.75. The number of hydrogen-bond acceptors (Lipinski definition) is 4. The summed E-state index contributed by atoms with van der Waals surface area (Å²) in [5.41, 5.74) is 5.55. The first-order chi connectivity index (χ1) is 9.10. The maximum atomic E-state index is 12.5. The quantitative estimate of drug-likeness (QED) is 0.790. The van der Waals surface area contributed by atoms with E-state index in [1.165, 1.54) is 0 Å². The SMILES string of the molecule is CC1CN(C(C(=O)NCC(C)(C)N)C(C)C)CC(C)O1. The van der Waals surface area contributed by atoms with Crippen molar-refractivity contribution < 1.29 is 9.53 Å². The molecule has 3 atom stereocenters. The highest BCUT2D eigenvalue weighted by molar-refractivity contribution is 5.82. The predicted molar refractivity (Wildman–Crippen MR) is 81.5 cm³/mol. The molecular weight excluding hydrogens is 254 g/mol. The maximum absolute atomic E-state index is 12.5. The molecule has 1 fully saturated rings. The zero-order valence-electron chi connectivity index (χ0n) is 13.8. The zero-order valence-corrected chi connectivity index (χ0v) is 13.8. The van der Waals surface area contributed by atoms with Gasteiger partial charge in [0.15, 0.2) is 0 Å². The Kier molecular flexibility index (Phi) is 5.98. The molecule has 1 aliphatic heterocycles. The van der Waals surface area contributed by atoms with Crippen molar-refractivity contribution in [1.82, 2.24) is 10.2 Å². The van der Waals surface area contributed by atoms with Crippen LogP contribution in [0.15, 0.2) is 0 Å². The van der Waals surface area contributed by atoms with Crippen LogP contribution in [-0.4, -0.2) is 54.2 Å². The smallest absolute Gasteiger partial charge is 0.237 e. The van der Waals surface area contributed by atoms with E-state index in [1.54, 1.807) is 0 Å². The Morgan fingerprint density at radius 3 is 2.25 bits per heavy atom. The van der Waals surface area contributed by atoms with Crippen LogP contribution >= 0.6 is 0 Å². The number of nitrogens with one attached hydrogen (secondary N) is 1. The third-order valence-corrected chi connectivity index (χ3v) is 3.46. The topological polar surface area (TPSA) is 67.6 Å². The van der Waals surface area contributed by atoms with E-state index >= 15 is 0 Å². The summed E-state index contributed by atoms with van der Waals surface area (Å²) in [6, 6.07) is -0.119. The molecule has 5 nitrogen and oxygen atoms in total. The average molecular weight is 285 g/mol. The Morgan fingerprint density at radius 1 is 1.35 bits per heavy atom. The number of nitrogens with zero attached hydrogens (tertiary/aromatic N) is 1. The number of hydrogen-bond donors (Lipinski definition) is 2. The Labute approximate surface area is 123 Å². The second-order valence-electron chi connectivity index (χ2n) is 7.11. The molecule has 0 saturated carbocycles. The van der Waals surface area contributed by atoms with Crippen LogP contribution in [0.3, 0.4) is 0 Å². The Hall–Kier alpha value is -0.650. The average Bonchev–Trinajstić information content (AvgIpc) is 2.23. The van der Waals surface area contributed by atoms with Crippen LogP contribution in [0.1, 0.15) is 41.5 Å². The minimum Gasteiger partial charge on any atom is -0.373 e. The number of nitrogens with two attached hydrogens (primary N) is 1.